The first kappa shape index (κ1) is 18.5. The van der Waals surface area contributed by atoms with E-state index in [-0.39, 0.29) is 5.78 Å². The molecule has 140 valence electrons. The molecule has 1 saturated carbocycles. The van der Waals surface area contributed by atoms with Crippen LogP contribution in [0, 0.1) is 20.8 Å². The number of aryl methyl sites for hydroxylation is 2. The van der Waals surface area contributed by atoms with Gasteiger partial charge in [-0.25, -0.2) is 0 Å². The number of ketones is 1. The van der Waals surface area contributed by atoms with Crippen LogP contribution in [0.15, 0.2) is 40.0 Å². The summed E-state index contributed by atoms with van der Waals surface area (Å²) < 4.78 is 5.33. The lowest BCUT2D eigenvalue weighted by atomic mass is 10.2. The number of hydrogen-bond acceptors (Lipinski definition) is 4. The number of benzene rings is 1. The van der Waals surface area contributed by atoms with Crippen LogP contribution >= 0.6 is 27.7 Å². The van der Waals surface area contributed by atoms with Crippen molar-refractivity contribution in [2.45, 2.75) is 44.8 Å². The Bertz CT molecular complexity index is 1000. The maximum Gasteiger partial charge on any atom is 0.191 e. The number of carbonyl (C=O) groups excluding carboxylic acids is 1. The van der Waals surface area contributed by atoms with Gasteiger partial charge in [-0.2, -0.15) is 0 Å². The molecule has 1 aliphatic rings. The first-order chi connectivity index (χ1) is 13.0. The molecule has 1 aliphatic carbocycles. The van der Waals surface area contributed by atoms with Crippen LogP contribution < -0.4 is 0 Å². The summed E-state index contributed by atoms with van der Waals surface area (Å²) in [6, 6.07) is 10.6. The largest absolute Gasteiger partial charge is 0.318 e. The molecule has 2 heterocycles. The van der Waals surface area contributed by atoms with Crippen molar-refractivity contribution in [3.05, 3.63) is 57.6 Å². The first-order valence-electron chi connectivity index (χ1n) is 8.98. The van der Waals surface area contributed by atoms with Gasteiger partial charge >= 0.3 is 0 Å². The minimum absolute atomic E-state index is 0.125. The predicted octanol–water partition coefficient (Wildman–Crippen LogP) is 5.07. The molecule has 27 heavy (non-hydrogen) atoms. The molecule has 1 fully saturated rings. The molecular formula is C20H21BrN4OS. The van der Waals surface area contributed by atoms with E-state index in [1.807, 2.05) is 51.1 Å². The van der Waals surface area contributed by atoms with E-state index in [0.29, 0.717) is 11.8 Å². The van der Waals surface area contributed by atoms with Crippen LogP contribution in [0.1, 0.15) is 46.5 Å². The van der Waals surface area contributed by atoms with Crippen LogP contribution in [0.5, 0.6) is 0 Å². The number of aromatic nitrogens is 4. The van der Waals surface area contributed by atoms with Gasteiger partial charge in [0.2, 0.25) is 0 Å². The Balaban J connectivity index is 1.54. The topological polar surface area (TPSA) is 52.7 Å². The van der Waals surface area contributed by atoms with E-state index in [1.165, 1.54) is 24.6 Å². The van der Waals surface area contributed by atoms with E-state index in [1.54, 1.807) is 0 Å². The van der Waals surface area contributed by atoms with Crippen molar-refractivity contribution in [3.8, 4) is 5.69 Å². The maximum absolute atomic E-state index is 12.9. The quantitative estimate of drug-likeness (QED) is 0.393. The van der Waals surface area contributed by atoms with Crippen molar-refractivity contribution in [1.82, 2.24) is 19.3 Å². The maximum atomic E-state index is 12.9. The highest BCUT2D eigenvalue weighted by molar-refractivity contribution is 9.10. The highest BCUT2D eigenvalue weighted by Crippen LogP contribution is 2.38. The first-order valence-corrected chi connectivity index (χ1v) is 10.8. The molecule has 0 spiro atoms. The van der Waals surface area contributed by atoms with E-state index in [0.717, 1.165) is 38.1 Å². The Labute approximate surface area is 171 Å². The van der Waals surface area contributed by atoms with Crippen LogP contribution in [0.4, 0.5) is 0 Å². The number of rotatable bonds is 6. The predicted molar refractivity (Wildman–Crippen MR) is 111 cm³/mol. The summed E-state index contributed by atoms with van der Waals surface area (Å²) in [5.41, 5.74) is 3.86. The fourth-order valence-corrected chi connectivity index (χ4v) is 4.64. The van der Waals surface area contributed by atoms with Crippen molar-refractivity contribution in [2.24, 2.45) is 0 Å². The summed E-state index contributed by atoms with van der Waals surface area (Å²) in [6.45, 7) is 6.01. The molecule has 0 saturated heterocycles. The lowest BCUT2D eigenvalue weighted by Crippen LogP contribution is -2.07. The van der Waals surface area contributed by atoms with Gasteiger partial charge in [0.25, 0.3) is 0 Å². The van der Waals surface area contributed by atoms with E-state index in [2.05, 4.69) is 35.3 Å². The molecular weight excluding hydrogens is 424 g/mol. The smallest absolute Gasteiger partial charge is 0.191 e. The third kappa shape index (κ3) is 3.62. The summed E-state index contributed by atoms with van der Waals surface area (Å²) in [6.07, 6.45) is 2.35. The Morgan fingerprint density at radius 2 is 1.89 bits per heavy atom. The van der Waals surface area contributed by atoms with Crippen molar-refractivity contribution in [3.63, 3.8) is 0 Å². The molecule has 0 bridgehead atoms. The summed E-state index contributed by atoms with van der Waals surface area (Å²) in [7, 11) is 0. The van der Waals surface area contributed by atoms with Crippen molar-refractivity contribution in [2.75, 3.05) is 5.75 Å². The summed E-state index contributed by atoms with van der Waals surface area (Å²) >= 11 is 4.95. The Morgan fingerprint density at radius 1 is 1.19 bits per heavy atom. The molecule has 7 heteroatoms. The van der Waals surface area contributed by atoms with Crippen molar-refractivity contribution < 1.29 is 4.79 Å². The standard InChI is InChI=1S/C20H21BrN4OS/c1-12-10-18(13(2)24(12)16-6-4-15(21)5-7-16)19(26)11-27-20-23-22-14(3)25(20)17-8-9-17/h4-7,10,17H,8-9,11H2,1-3H3. The minimum atomic E-state index is 0.125. The Morgan fingerprint density at radius 3 is 2.56 bits per heavy atom. The second-order valence-electron chi connectivity index (χ2n) is 6.94. The number of hydrogen-bond donors (Lipinski definition) is 0. The second-order valence-corrected chi connectivity index (χ2v) is 8.80. The number of halogens is 1. The lowest BCUT2D eigenvalue weighted by Gasteiger charge is -2.10. The number of thioether (sulfide) groups is 1. The molecule has 0 aliphatic heterocycles. The van der Waals surface area contributed by atoms with Gasteiger partial charge in [0.1, 0.15) is 5.82 Å². The summed E-state index contributed by atoms with van der Waals surface area (Å²) in [5.74, 6) is 1.43. The van der Waals surface area contributed by atoms with E-state index in [9.17, 15) is 4.79 Å². The van der Waals surface area contributed by atoms with Gasteiger partial charge in [-0.05, 0) is 63.9 Å². The minimum Gasteiger partial charge on any atom is -0.318 e. The van der Waals surface area contributed by atoms with Crippen LogP contribution in [0.2, 0.25) is 0 Å². The normalized spacial score (nSPS) is 13.9. The van der Waals surface area contributed by atoms with E-state index in [4.69, 9.17) is 0 Å². The van der Waals surface area contributed by atoms with Gasteiger partial charge in [-0.3, -0.25) is 4.79 Å². The Kier molecular flexibility index (Phi) is 4.99. The van der Waals surface area contributed by atoms with E-state index < -0.39 is 0 Å². The van der Waals surface area contributed by atoms with Gasteiger partial charge in [0, 0.05) is 33.2 Å². The van der Waals surface area contributed by atoms with Crippen LogP contribution in [-0.4, -0.2) is 30.9 Å². The zero-order valence-electron chi connectivity index (χ0n) is 15.6. The third-order valence-electron chi connectivity index (χ3n) is 4.90. The van der Waals surface area contributed by atoms with Crippen LogP contribution in [0.25, 0.3) is 5.69 Å². The molecule has 0 radical (unpaired) electrons. The zero-order chi connectivity index (χ0) is 19.1. The van der Waals surface area contributed by atoms with Crippen molar-refractivity contribution in [1.29, 1.82) is 0 Å². The number of Topliss-reactive ketones (excluding diaryl/α,β-unsaturated/α-hetero) is 1. The van der Waals surface area contributed by atoms with E-state index >= 15 is 0 Å². The third-order valence-corrected chi connectivity index (χ3v) is 6.37. The second kappa shape index (κ2) is 7.28. The summed E-state index contributed by atoms with van der Waals surface area (Å²) in [5, 5.41) is 9.29. The fraction of sp³-hybridized carbons (Fsp3) is 0.350. The SMILES string of the molecule is Cc1cc(C(=O)CSc2nnc(C)n2C2CC2)c(C)n1-c1ccc(Br)cc1. The van der Waals surface area contributed by atoms with Crippen LogP contribution in [0.3, 0.4) is 0 Å². The lowest BCUT2D eigenvalue weighted by molar-refractivity contribution is 0.102. The van der Waals surface area contributed by atoms with Gasteiger partial charge in [0.05, 0.1) is 5.75 Å². The summed E-state index contributed by atoms with van der Waals surface area (Å²) in [4.78, 5) is 12.9. The van der Waals surface area contributed by atoms with Gasteiger partial charge in [-0.15, -0.1) is 10.2 Å². The molecule has 5 nitrogen and oxygen atoms in total. The van der Waals surface area contributed by atoms with Gasteiger partial charge in [0.15, 0.2) is 10.9 Å². The van der Waals surface area contributed by atoms with Gasteiger partial charge in [-0.1, -0.05) is 27.7 Å². The highest BCUT2D eigenvalue weighted by atomic mass is 79.9. The molecule has 1 aromatic carbocycles. The monoisotopic (exact) mass is 444 g/mol. The zero-order valence-corrected chi connectivity index (χ0v) is 18.0. The molecule has 0 amide bonds. The van der Waals surface area contributed by atoms with Gasteiger partial charge < -0.3 is 9.13 Å². The molecule has 0 unspecified atom stereocenters. The highest BCUT2D eigenvalue weighted by Gasteiger charge is 2.28. The van der Waals surface area contributed by atoms with Crippen LogP contribution in [-0.2, 0) is 0 Å². The molecule has 4 rings (SSSR count). The molecule has 0 N–H and O–H groups in total. The molecule has 0 atom stereocenters. The average Bonchev–Trinajstić information content (AvgIpc) is 3.34. The average molecular weight is 445 g/mol. The number of carbonyl (C=O) groups is 1. The fourth-order valence-electron chi connectivity index (χ4n) is 3.44. The number of nitrogens with zero attached hydrogens (tertiary/aromatic N) is 4. The Hall–Kier alpha value is -1.86. The van der Waals surface area contributed by atoms with Crippen molar-refractivity contribution >= 4 is 33.5 Å². The molecule has 3 aromatic rings. The molecule has 2 aromatic heterocycles.